The molecular weight excluding hydrogens is 436 g/mol. The van der Waals surface area contributed by atoms with Crippen LogP contribution in [0.1, 0.15) is 25.3 Å². The molecule has 0 atom stereocenters. The van der Waals surface area contributed by atoms with Crippen molar-refractivity contribution in [2.24, 2.45) is 5.92 Å². The normalized spacial score (nSPS) is 14.0. The van der Waals surface area contributed by atoms with Crippen LogP contribution in [-0.4, -0.2) is 50.0 Å². The third kappa shape index (κ3) is 5.24. The van der Waals surface area contributed by atoms with Gasteiger partial charge in [0.1, 0.15) is 5.75 Å². The van der Waals surface area contributed by atoms with E-state index in [1.54, 1.807) is 14.2 Å². The van der Waals surface area contributed by atoms with Crippen LogP contribution in [0, 0.1) is 5.92 Å². The smallest absolute Gasteiger partial charge is 0.324 e. The molecule has 9 heteroatoms. The second-order valence-corrected chi connectivity index (χ2v) is 7.99. The van der Waals surface area contributed by atoms with Crippen LogP contribution >= 0.6 is 0 Å². The number of nitrogens with zero attached hydrogens (tertiary/aromatic N) is 3. The zero-order chi connectivity index (χ0) is 23.9. The molecule has 0 bridgehead atoms. The van der Waals surface area contributed by atoms with Gasteiger partial charge in [0, 0.05) is 36.7 Å². The van der Waals surface area contributed by atoms with Gasteiger partial charge in [0.25, 0.3) is 0 Å². The first-order valence-corrected chi connectivity index (χ1v) is 11.4. The van der Waals surface area contributed by atoms with Gasteiger partial charge >= 0.3 is 6.01 Å². The molecule has 0 unspecified atom stereocenters. The van der Waals surface area contributed by atoms with E-state index in [2.05, 4.69) is 15.5 Å². The molecule has 180 valence electrons. The number of benzene rings is 2. The Morgan fingerprint density at radius 2 is 1.85 bits per heavy atom. The lowest BCUT2D eigenvalue weighted by Gasteiger charge is -2.29. The molecule has 1 aliphatic rings. The third-order valence-electron chi connectivity index (χ3n) is 5.92. The lowest BCUT2D eigenvalue weighted by molar-refractivity contribution is -0.125. The fraction of sp³-hybridized carbons (Fsp3) is 0.400. The lowest BCUT2D eigenvalue weighted by atomic mass is 9.96. The Morgan fingerprint density at radius 1 is 1.09 bits per heavy atom. The molecule has 1 amide bonds. The van der Waals surface area contributed by atoms with E-state index in [0.717, 1.165) is 16.9 Å². The Labute approximate surface area is 199 Å². The highest BCUT2D eigenvalue weighted by Crippen LogP contribution is 2.32. The Balaban J connectivity index is 1.33. The number of aromatic nitrogens is 2. The van der Waals surface area contributed by atoms with Gasteiger partial charge in [0.15, 0.2) is 11.5 Å². The van der Waals surface area contributed by atoms with Crippen molar-refractivity contribution in [2.75, 3.05) is 38.8 Å². The maximum atomic E-state index is 12.7. The molecule has 34 heavy (non-hydrogen) atoms. The summed E-state index contributed by atoms with van der Waals surface area (Å²) in [6.07, 6.45) is 1.43. The highest BCUT2D eigenvalue weighted by atomic mass is 16.5. The summed E-state index contributed by atoms with van der Waals surface area (Å²) in [6.45, 7) is 4.26. The molecule has 0 saturated carbocycles. The molecule has 2 aromatic carbocycles. The van der Waals surface area contributed by atoms with Gasteiger partial charge in [-0.3, -0.25) is 4.79 Å². The maximum absolute atomic E-state index is 12.7. The van der Waals surface area contributed by atoms with Crippen LogP contribution in [0.2, 0.25) is 0 Å². The Bertz CT molecular complexity index is 1110. The van der Waals surface area contributed by atoms with E-state index in [4.69, 9.17) is 18.7 Å². The highest BCUT2D eigenvalue weighted by Gasteiger charge is 2.27. The standard InChI is InChI=1S/C25H30N4O5/c1-4-33-21-10-9-18(15-22(21)32-3)23-27-25(34-28-23)29-13-11-17(12-14-29)24(30)26-16-19-7-5-6-8-20(19)31-2/h5-10,15,17H,4,11-14,16H2,1-3H3,(H,26,30). The zero-order valence-electron chi connectivity index (χ0n) is 19.7. The van der Waals surface area contributed by atoms with Crippen LogP contribution < -0.4 is 24.4 Å². The van der Waals surface area contributed by atoms with Crippen LogP contribution in [0.25, 0.3) is 11.4 Å². The molecule has 1 saturated heterocycles. The number of hydrogen-bond donors (Lipinski definition) is 1. The van der Waals surface area contributed by atoms with Gasteiger partial charge in [-0.1, -0.05) is 23.4 Å². The van der Waals surface area contributed by atoms with E-state index >= 15 is 0 Å². The summed E-state index contributed by atoms with van der Waals surface area (Å²) in [5.41, 5.74) is 1.74. The summed E-state index contributed by atoms with van der Waals surface area (Å²) in [4.78, 5) is 19.3. The van der Waals surface area contributed by atoms with Gasteiger partial charge in [-0.05, 0) is 44.0 Å². The average molecular weight is 467 g/mol. The predicted octanol–water partition coefficient (Wildman–Crippen LogP) is 3.69. The number of ether oxygens (including phenoxy) is 3. The molecule has 0 spiro atoms. The number of nitrogens with one attached hydrogen (secondary N) is 1. The van der Waals surface area contributed by atoms with Crippen molar-refractivity contribution >= 4 is 11.9 Å². The number of anilines is 1. The minimum absolute atomic E-state index is 0.0521. The molecule has 0 radical (unpaired) electrons. The van der Waals surface area contributed by atoms with Gasteiger partial charge < -0.3 is 29.0 Å². The summed E-state index contributed by atoms with van der Waals surface area (Å²) in [6, 6.07) is 13.7. The molecule has 1 aromatic heterocycles. The summed E-state index contributed by atoms with van der Waals surface area (Å²) in [7, 11) is 3.23. The van der Waals surface area contributed by atoms with Crippen LogP contribution in [0.5, 0.6) is 17.2 Å². The first-order chi connectivity index (χ1) is 16.6. The topological polar surface area (TPSA) is 99.0 Å². The molecule has 1 N–H and O–H groups in total. The summed E-state index contributed by atoms with van der Waals surface area (Å²) in [5, 5.41) is 7.17. The summed E-state index contributed by atoms with van der Waals surface area (Å²) in [5.74, 6) is 2.54. The van der Waals surface area contributed by atoms with Crippen LogP contribution in [0.15, 0.2) is 47.0 Å². The second kappa shape index (κ2) is 10.9. The predicted molar refractivity (Wildman–Crippen MR) is 127 cm³/mol. The monoisotopic (exact) mass is 466 g/mol. The average Bonchev–Trinajstić information content (AvgIpc) is 3.38. The number of hydrogen-bond acceptors (Lipinski definition) is 8. The molecule has 4 rings (SSSR count). The van der Waals surface area contributed by atoms with Crippen LogP contribution in [0.4, 0.5) is 6.01 Å². The number of carbonyl (C=O) groups is 1. The summed E-state index contributed by atoms with van der Waals surface area (Å²) < 4.78 is 21.8. The van der Waals surface area contributed by atoms with E-state index < -0.39 is 0 Å². The van der Waals surface area contributed by atoms with Gasteiger partial charge in [-0.25, -0.2) is 0 Å². The van der Waals surface area contributed by atoms with Crippen molar-refractivity contribution in [1.29, 1.82) is 0 Å². The van der Waals surface area contributed by atoms with Crippen molar-refractivity contribution < 1.29 is 23.5 Å². The zero-order valence-corrected chi connectivity index (χ0v) is 19.7. The van der Waals surface area contributed by atoms with E-state index in [-0.39, 0.29) is 11.8 Å². The van der Waals surface area contributed by atoms with E-state index in [1.165, 1.54) is 0 Å². The number of methoxy groups -OCH3 is 2. The highest BCUT2D eigenvalue weighted by molar-refractivity contribution is 5.79. The molecule has 3 aromatic rings. The SMILES string of the molecule is CCOc1ccc(-c2noc(N3CCC(C(=O)NCc4ccccc4OC)CC3)n2)cc1OC. The Hall–Kier alpha value is -3.75. The Morgan fingerprint density at radius 3 is 2.59 bits per heavy atom. The van der Waals surface area contributed by atoms with Gasteiger partial charge in [0.05, 0.1) is 20.8 Å². The molecular formula is C25H30N4O5. The van der Waals surface area contributed by atoms with Crippen molar-refractivity contribution in [2.45, 2.75) is 26.3 Å². The van der Waals surface area contributed by atoms with Gasteiger partial charge in [0.2, 0.25) is 11.7 Å². The maximum Gasteiger partial charge on any atom is 0.324 e. The van der Waals surface area contributed by atoms with Crippen molar-refractivity contribution in [1.82, 2.24) is 15.5 Å². The number of para-hydroxylation sites is 1. The fourth-order valence-electron chi connectivity index (χ4n) is 4.05. The first-order valence-electron chi connectivity index (χ1n) is 11.4. The van der Waals surface area contributed by atoms with Crippen molar-refractivity contribution in [3.05, 3.63) is 48.0 Å². The van der Waals surface area contributed by atoms with E-state index in [1.807, 2.05) is 54.3 Å². The third-order valence-corrected chi connectivity index (χ3v) is 5.92. The summed E-state index contributed by atoms with van der Waals surface area (Å²) >= 11 is 0. The van der Waals surface area contributed by atoms with E-state index in [9.17, 15) is 4.79 Å². The molecule has 2 heterocycles. The second-order valence-electron chi connectivity index (χ2n) is 7.99. The van der Waals surface area contributed by atoms with Crippen molar-refractivity contribution in [3.8, 4) is 28.6 Å². The van der Waals surface area contributed by atoms with Crippen LogP contribution in [-0.2, 0) is 11.3 Å². The fourth-order valence-corrected chi connectivity index (χ4v) is 4.05. The van der Waals surface area contributed by atoms with Gasteiger partial charge in [-0.2, -0.15) is 4.98 Å². The quantitative estimate of drug-likeness (QED) is 0.510. The molecule has 1 aliphatic heterocycles. The lowest BCUT2D eigenvalue weighted by Crippen LogP contribution is -2.40. The Kier molecular flexibility index (Phi) is 7.51. The number of rotatable bonds is 9. The minimum atomic E-state index is -0.0521. The van der Waals surface area contributed by atoms with Crippen molar-refractivity contribution in [3.63, 3.8) is 0 Å². The van der Waals surface area contributed by atoms with E-state index in [0.29, 0.717) is 62.4 Å². The van der Waals surface area contributed by atoms with Crippen LogP contribution in [0.3, 0.4) is 0 Å². The number of carbonyl (C=O) groups excluding carboxylic acids is 1. The largest absolute Gasteiger partial charge is 0.496 e. The number of amides is 1. The molecule has 0 aliphatic carbocycles. The molecule has 1 fully saturated rings. The first kappa shape index (κ1) is 23.4. The molecule has 9 nitrogen and oxygen atoms in total. The minimum Gasteiger partial charge on any atom is -0.496 e. The number of piperidine rings is 1. The van der Waals surface area contributed by atoms with Gasteiger partial charge in [-0.15, -0.1) is 0 Å².